The van der Waals surface area contributed by atoms with Crippen LogP contribution in [-0.2, 0) is 5.41 Å². The van der Waals surface area contributed by atoms with E-state index in [1.165, 1.54) is 47.4 Å². The van der Waals surface area contributed by atoms with Gasteiger partial charge in [0.05, 0.1) is 0 Å². The maximum absolute atomic E-state index is 6.54. The van der Waals surface area contributed by atoms with Gasteiger partial charge in [0, 0.05) is 5.41 Å². The molecule has 0 aliphatic rings. The molecule has 0 unspecified atom stereocenters. The molecular weight excluding hydrogens is 412 g/mol. The van der Waals surface area contributed by atoms with Crippen molar-refractivity contribution in [3.05, 3.63) is 59.7 Å². The summed E-state index contributed by atoms with van der Waals surface area (Å²) >= 11 is 0. The maximum Gasteiger partial charge on any atom is 0.250 e. The van der Waals surface area contributed by atoms with Gasteiger partial charge in [0.1, 0.15) is 11.5 Å². The molecule has 2 rings (SSSR count). The van der Waals surface area contributed by atoms with Gasteiger partial charge < -0.3 is 8.85 Å². The van der Waals surface area contributed by atoms with Crippen molar-refractivity contribution in [2.24, 2.45) is 0 Å². The summed E-state index contributed by atoms with van der Waals surface area (Å²) < 4.78 is 13.1. The molecule has 2 aromatic carbocycles. The predicted octanol–water partition coefficient (Wildman–Crippen LogP) is 8.78. The van der Waals surface area contributed by atoms with E-state index in [2.05, 4.69) is 104 Å². The average Bonchev–Trinajstić information content (AvgIpc) is 2.82. The summed E-state index contributed by atoms with van der Waals surface area (Å²) in [6.45, 7) is 18.2. The summed E-state index contributed by atoms with van der Waals surface area (Å²) in [6, 6.07) is 24.6. The third-order valence-electron chi connectivity index (χ3n) is 7.69. The van der Waals surface area contributed by atoms with Crippen LogP contribution in [0.2, 0.25) is 36.3 Å². The van der Waals surface area contributed by atoms with Gasteiger partial charge in [-0.2, -0.15) is 0 Å². The van der Waals surface area contributed by atoms with Crippen LogP contribution < -0.4 is 8.85 Å². The van der Waals surface area contributed by atoms with Crippen LogP contribution in [0.25, 0.3) is 0 Å². The predicted molar refractivity (Wildman–Crippen MR) is 141 cm³/mol. The van der Waals surface area contributed by atoms with Gasteiger partial charge >= 0.3 is 0 Å². The lowest BCUT2D eigenvalue weighted by Crippen LogP contribution is -2.39. The van der Waals surface area contributed by atoms with Gasteiger partial charge in [-0.25, -0.2) is 0 Å². The lowest BCUT2D eigenvalue weighted by atomic mass is 9.78. The van der Waals surface area contributed by atoms with Crippen molar-refractivity contribution in [3.8, 4) is 11.5 Å². The molecule has 0 saturated heterocycles. The second-order valence-electron chi connectivity index (χ2n) is 9.37. The molecule has 0 fully saturated rings. The minimum atomic E-state index is -1.63. The molecule has 0 heterocycles. The second-order valence-corrected chi connectivity index (χ2v) is 18.7. The monoisotopic (exact) mass is 456 g/mol. The highest BCUT2D eigenvalue weighted by Crippen LogP contribution is 2.35. The smallest absolute Gasteiger partial charge is 0.250 e. The van der Waals surface area contributed by atoms with E-state index in [0.717, 1.165) is 11.5 Å². The quantitative estimate of drug-likeness (QED) is 0.297. The molecule has 0 radical (unpaired) electrons. The zero-order valence-corrected chi connectivity index (χ0v) is 23.2. The first-order chi connectivity index (χ1) is 14.7. The summed E-state index contributed by atoms with van der Waals surface area (Å²) in [5.41, 5.74) is 2.55. The summed E-state index contributed by atoms with van der Waals surface area (Å²) in [5, 5.41) is 0. The summed E-state index contributed by atoms with van der Waals surface area (Å²) in [7, 11) is -3.26. The maximum atomic E-state index is 6.54. The van der Waals surface area contributed by atoms with Gasteiger partial charge in [0.15, 0.2) is 0 Å². The van der Waals surface area contributed by atoms with E-state index in [9.17, 15) is 0 Å². The molecule has 2 aromatic rings. The molecule has 0 N–H and O–H groups in total. The fourth-order valence-corrected chi connectivity index (χ4v) is 9.62. The molecule has 0 aliphatic heterocycles. The lowest BCUT2D eigenvalue weighted by Gasteiger charge is -2.31. The molecule has 0 amide bonds. The summed E-state index contributed by atoms with van der Waals surface area (Å²) in [5.74, 6) is 2.06. The molecular formula is C27H44O2Si2. The first kappa shape index (κ1) is 25.7. The Balaban J connectivity index is 2.19. The number of rotatable bonds is 12. The fourth-order valence-electron chi connectivity index (χ4n) is 4.48. The average molecular weight is 457 g/mol. The Hall–Kier alpha value is -1.53. The molecule has 0 atom stereocenters. The minimum Gasteiger partial charge on any atom is -0.544 e. The second kappa shape index (κ2) is 10.9. The van der Waals surface area contributed by atoms with Crippen LogP contribution in [0.1, 0.15) is 66.5 Å². The van der Waals surface area contributed by atoms with Crippen LogP contribution in [0, 0.1) is 0 Å². The van der Waals surface area contributed by atoms with Crippen molar-refractivity contribution >= 4 is 16.6 Å². The highest BCUT2D eigenvalue weighted by molar-refractivity contribution is 6.74. The van der Waals surface area contributed by atoms with Crippen LogP contribution in [0.15, 0.2) is 48.5 Å². The Kier molecular flexibility index (Phi) is 9.02. The Morgan fingerprint density at radius 1 is 0.516 bits per heavy atom. The van der Waals surface area contributed by atoms with Gasteiger partial charge in [-0.15, -0.1) is 0 Å². The van der Waals surface area contributed by atoms with Crippen molar-refractivity contribution in [1.82, 2.24) is 0 Å². The SMILES string of the molecule is CC[Si](CC)(CC)Oc1ccc(C(C)(C)c2ccc(O[Si](CC)(CC)CC)cc2)cc1. The first-order valence-corrected chi connectivity index (χ1v) is 17.4. The van der Waals surface area contributed by atoms with Gasteiger partial charge in [-0.3, -0.25) is 0 Å². The van der Waals surface area contributed by atoms with Crippen molar-refractivity contribution in [2.75, 3.05) is 0 Å². The van der Waals surface area contributed by atoms with E-state index in [0.29, 0.717) is 0 Å². The van der Waals surface area contributed by atoms with Crippen LogP contribution in [0.4, 0.5) is 0 Å². The molecule has 0 aromatic heterocycles. The van der Waals surface area contributed by atoms with Crippen molar-refractivity contribution in [3.63, 3.8) is 0 Å². The largest absolute Gasteiger partial charge is 0.544 e. The van der Waals surface area contributed by atoms with Gasteiger partial charge in [0.25, 0.3) is 0 Å². The molecule has 0 bridgehead atoms. The Morgan fingerprint density at radius 2 is 0.774 bits per heavy atom. The van der Waals surface area contributed by atoms with Crippen LogP contribution in [0.3, 0.4) is 0 Å². The molecule has 31 heavy (non-hydrogen) atoms. The van der Waals surface area contributed by atoms with Gasteiger partial charge in [-0.1, -0.05) is 79.7 Å². The standard InChI is InChI=1S/C27H44O2Si2/c1-9-30(10-2,11-3)28-25-19-15-23(16-20-25)27(7,8)24-17-21-26(22-18-24)29-31(12-4,13-5)14-6/h15-22H,9-14H2,1-8H3. The third-order valence-corrected chi connectivity index (χ3v) is 16.8. The third kappa shape index (κ3) is 5.84. The van der Waals surface area contributed by atoms with E-state index >= 15 is 0 Å². The van der Waals surface area contributed by atoms with E-state index < -0.39 is 16.6 Å². The van der Waals surface area contributed by atoms with Gasteiger partial charge in [-0.05, 0) is 71.7 Å². The highest BCUT2D eigenvalue weighted by atomic mass is 28.4. The zero-order chi connectivity index (χ0) is 23.1. The molecule has 2 nitrogen and oxygen atoms in total. The first-order valence-electron chi connectivity index (χ1n) is 12.3. The number of benzene rings is 2. The van der Waals surface area contributed by atoms with E-state index in [1.807, 2.05) is 0 Å². The fraction of sp³-hybridized carbons (Fsp3) is 0.556. The summed E-state index contributed by atoms with van der Waals surface area (Å²) in [4.78, 5) is 0. The minimum absolute atomic E-state index is 0.0688. The zero-order valence-electron chi connectivity index (χ0n) is 21.2. The van der Waals surface area contributed by atoms with Crippen LogP contribution in [0.5, 0.6) is 11.5 Å². The number of hydrogen-bond donors (Lipinski definition) is 0. The van der Waals surface area contributed by atoms with Crippen molar-refractivity contribution < 1.29 is 8.85 Å². The Labute approximate surface area is 193 Å². The number of hydrogen-bond acceptors (Lipinski definition) is 2. The van der Waals surface area contributed by atoms with Crippen molar-refractivity contribution in [2.45, 2.75) is 97.1 Å². The molecule has 0 saturated carbocycles. The molecule has 0 aliphatic carbocycles. The molecule has 4 heteroatoms. The normalized spacial score (nSPS) is 12.6. The Morgan fingerprint density at radius 3 is 1.00 bits per heavy atom. The van der Waals surface area contributed by atoms with E-state index in [1.54, 1.807) is 0 Å². The highest BCUT2D eigenvalue weighted by Gasteiger charge is 2.32. The van der Waals surface area contributed by atoms with Gasteiger partial charge in [0.2, 0.25) is 16.6 Å². The molecule has 172 valence electrons. The van der Waals surface area contributed by atoms with E-state index in [-0.39, 0.29) is 5.41 Å². The van der Waals surface area contributed by atoms with Crippen molar-refractivity contribution in [1.29, 1.82) is 0 Å². The Bertz CT molecular complexity index is 705. The summed E-state index contributed by atoms with van der Waals surface area (Å²) in [6.07, 6.45) is 0. The molecule has 0 spiro atoms. The van der Waals surface area contributed by atoms with Crippen LogP contribution in [-0.4, -0.2) is 16.6 Å². The lowest BCUT2D eigenvalue weighted by molar-refractivity contribution is 0.529. The van der Waals surface area contributed by atoms with Crippen LogP contribution >= 0.6 is 0 Å². The topological polar surface area (TPSA) is 18.5 Å². The van der Waals surface area contributed by atoms with E-state index in [4.69, 9.17) is 8.85 Å².